The van der Waals surface area contributed by atoms with Gasteiger partial charge in [-0.05, 0) is 62.6 Å². The van der Waals surface area contributed by atoms with Gasteiger partial charge in [-0.3, -0.25) is 19.2 Å². The lowest BCUT2D eigenvalue weighted by Gasteiger charge is -2.38. The number of rotatable bonds is 9. The molecule has 4 amide bonds. The quantitative estimate of drug-likeness (QED) is 0.304. The molecule has 2 saturated heterocycles. The summed E-state index contributed by atoms with van der Waals surface area (Å²) < 4.78 is 5.35. The van der Waals surface area contributed by atoms with Gasteiger partial charge in [-0.15, -0.1) is 0 Å². The SMILES string of the molecule is CC(C)[C@]1(C)NC(=O)[C@H](CCCCOC(=O)c2ccccc2)NC(=O)[C@H]2CCCN2C(=O)C(Cc2ccccc2)NC1=O. The molecule has 0 aromatic heterocycles. The summed E-state index contributed by atoms with van der Waals surface area (Å²) in [5.41, 5.74) is -0.0102. The summed E-state index contributed by atoms with van der Waals surface area (Å²) in [6.45, 7) is 5.84. The fraction of sp³-hybridized carbons (Fsp3) is 0.485. The number of nitrogens with zero attached hydrogens (tertiary/aromatic N) is 1. The van der Waals surface area contributed by atoms with E-state index in [0.29, 0.717) is 37.8 Å². The van der Waals surface area contributed by atoms with Crippen LogP contribution in [0.1, 0.15) is 68.8 Å². The fourth-order valence-electron chi connectivity index (χ4n) is 5.48. The first kappa shape index (κ1) is 31.7. The minimum Gasteiger partial charge on any atom is -0.462 e. The number of esters is 1. The van der Waals surface area contributed by atoms with Crippen molar-refractivity contribution in [3.63, 3.8) is 0 Å². The van der Waals surface area contributed by atoms with Crippen LogP contribution in [0.2, 0.25) is 0 Å². The number of carbonyl (C=O) groups excluding carboxylic acids is 5. The van der Waals surface area contributed by atoms with Crippen molar-refractivity contribution in [3.8, 4) is 0 Å². The molecule has 2 aromatic rings. The molecule has 0 saturated carbocycles. The van der Waals surface area contributed by atoms with Crippen LogP contribution in [-0.2, 0) is 30.3 Å². The molecule has 4 atom stereocenters. The fourth-order valence-corrected chi connectivity index (χ4v) is 5.48. The van der Waals surface area contributed by atoms with E-state index in [1.54, 1.807) is 31.2 Å². The molecule has 1 unspecified atom stereocenters. The van der Waals surface area contributed by atoms with Crippen molar-refractivity contribution in [1.82, 2.24) is 20.9 Å². The molecule has 2 aliphatic rings. The number of hydrogen-bond donors (Lipinski definition) is 3. The number of amides is 4. The lowest BCUT2D eigenvalue weighted by atomic mass is 9.86. The van der Waals surface area contributed by atoms with Gasteiger partial charge < -0.3 is 25.6 Å². The summed E-state index contributed by atoms with van der Waals surface area (Å²) in [6.07, 6.45) is 2.61. The predicted octanol–water partition coefficient (Wildman–Crippen LogP) is 2.76. The molecule has 2 aliphatic heterocycles. The zero-order valence-electron chi connectivity index (χ0n) is 25.1. The van der Waals surface area contributed by atoms with E-state index in [9.17, 15) is 24.0 Å². The van der Waals surface area contributed by atoms with Crippen molar-refractivity contribution in [2.45, 2.75) is 83.0 Å². The maximum atomic E-state index is 13.9. The van der Waals surface area contributed by atoms with Gasteiger partial charge in [-0.25, -0.2) is 4.79 Å². The van der Waals surface area contributed by atoms with Gasteiger partial charge in [0.05, 0.1) is 12.2 Å². The molecule has 0 radical (unpaired) electrons. The monoisotopic (exact) mass is 590 g/mol. The van der Waals surface area contributed by atoms with Crippen LogP contribution in [0.4, 0.5) is 0 Å². The van der Waals surface area contributed by atoms with Gasteiger partial charge >= 0.3 is 5.97 Å². The Hall–Kier alpha value is -4.21. The molecule has 2 heterocycles. The van der Waals surface area contributed by atoms with Crippen molar-refractivity contribution < 1.29 is 28.7 Å². The Morgan fingerprint density at radius 3 is 2.28 bits per heavy atom. The number of hydrogen-bond acceptors (Lipinski definition) is 6. The minimum atomic E-state index is -1.34. The zero-order chi connectivity index (χ0) is 31.0. The van der Waals surface area contributed by atoms with Crippen LogP contribution in [-0.4, -0.2) is 71.3 Å². The second-order valence-corrected chi connectivity index (χ2v) is 11.8. The molecule has 0 bridgehead atoms. The number of unbranched alkanes of at least 4 members (excludes halogenated alkanes) is 1. The van der Waals surface area contributed by atoms with Gasteiger partial charge in [0.15, 0.2) is 0 Å². The average molecular weight is 591 g/mol. The Kier molecular flexibility index (Phi) is 10.6. The minimum absolute atomic E-state index is 0.163. The normalized spacial score (nSPS) is 24.7. The van der Waals surface area contributed by atoms with E-state index in [0.717, 1.165) is 5.56 Å². The maximum Gasteiger partial charge on any atom is 0.338 e. The second-order valence-electron chi connectivity index (χ2n) is 11.8. The van der Waals surface area contributed by atoms with Gasteiger partial charge in [0.2, 0.25) is 23.6 Å². The number of benzene rings is 2. The maximum absolute atomic E-state index is 13.9. The molecule has 10 nitrogen and oxygen atoms in total. The van der Waals surface area contributed by atoms with Gasteiger partial charge in [0, 0.05) is 13.0 Å². The average Bonchev–Trinajstić information content (AvgIpc) is 3.50. The summed E-state index contributed by atoms with van der Waals surface area (Å²) >= 11 is 0. The van der Waals surface area contributed by atoms with E-state index >= 15 is 0 Å². The highest BCUT2D eigenvalue weighted by Crippen LogP contribution is 2.23. The molecule has 0 aliphatic carbocycles. The lowest BCUT2D eigenvalue weighted by molar-refractivity contribution is -0.145. The topological polar surface area (TPSA) is 134 Å². The first-order chi connectivity index (χ1) is 20.6. The molecule has 230 valence electrons. The Morgan fingerprint density at radius 1 is 0.930 bits per heavy atom. The van der Waals surface area contributed by atoms with Crippen molar-refractivity contribution in [3.05, 3.63) is 71.8 Å². The van der Waals surface area contributed by atoms with Crippen LogP contribution < -0.4 is 16.0 Å². The van der Waals surface area contributed by atoms with Crippen LogP contribution in [0.3, 0.4) is 0 Å². The summed E-state index contributed by atoms with van der Waals surface area (Å²) in [7, 11) is 0. The van der Waals surface area contributed by atoms with E-state index in [1.165, 1.54) is 4.90 Å². The van der Waals surface area contributed by atoms with Crippen LogP contribution >= 0.6 is 0 Å². The largest absolute Gasteiger partial charge is 0.462 e. The third-order valence-electron chi connectivity index (χ3n) is 8.50. The molecule has 2 fully saturated rings. The molecular formula is C33H42N4O6. The number of fused-ring (bicyclic) bond motifs is 1. The standard InChI is InChI=1S/C33H42N4O6/c1-22(2)33(3)32(42)35-26(21-23-13-6-4-7-14-23)30(40)37-19-12-18-27(37)29(39)34-25(28(38)36-33)17-10-11-20-43-31(41)24-15-8-5-9-16-24/h4-9,13-16,22,25-27H,10-12,17-21H2,1-3H3,(H,34,39)(H,35,42)(H,36,38)/t25-,26?,27+,33-/m0/s1. The van der Waals surface area contributed by atoms with Crippen LogP contribution in [0.5, 0.6) is 0 Å². The highest BCUT2D eigenvalue weighted by atomic mass is 16.5. The molecule has 43 heavy (non-hydrogen) atoms. The van der Waals surface area contributed by atoms with Crippen molar-refractivity contribution >= 4 is 29.6 Å². The van der Waals surface area contributed by atoms with Gasteiger partial charge in [-0.1, -0.05) is 62.4 Å². The predicted molar refractivity (Wildman–Crippen MR) is 161 cm³/mol. The summed E-state index contributed by atoms with van der Waals surface area (Å²) in [6, 6.07) is 15.5. The zero-order valence-corrected chi connectivity index (χ0v) is 25.1. The third kappa shape index (κ3) is 7.80. The molecular weight excluding hydrogens is 548 g/mol. The number of nitrogens with one attached hydrogen (secondary N) is 3. The molecule has 3 N–H and O–H groups in total. The van der Waals surface area contributed by atoms with E-state index in [-0.39, 0.29) is 31.3 Å². The Morgan fingerprint density at radius 2 is 1.60 bits per heavy atom. The van der Waals surface area contributed by atoms with Gasteiger partial charge in [-0.2, -0.15) is 0 Å². The Balaban J connectivity index is 1.50. The van der Waals surface area contributed by atoms with Crippen molar-refractivity contribution in [2.24, 2.45) is 5.92 Å². The van der Waals surface area contributed by atoms with Crippen LogP contribution in [0.25, 0.3) is 0 Å². The van der Waals surface area contributed by atoms with E-state index in [2.05, 4.69) is 16.0 Å². The molecule has 2 aromatic carbocycles. The Bertz CT molecular complexity index is 1300. The highest BCUT2D eigenvalue weighted by Gasteiger charge is 2.45. The number of carbonyl (C=O) groups is 5. The van der Waals surface area contributed by atoms with E-state index in [1.807, 2.05) is 50.2 Å². The summed E-state index contributed by atoms with van der Waals surface area (Å²) in [5.74, 6) is -2.38. The van der Waals surface area contributed by atoms with E-state index < -0.39 is 47.4 Å². The third-order valence-corrected chi connectivity index (χ3v) is 8.50. The number of ether oxygens (including phenoxy) is 1. The Labute approximate surface area is 252 Å². The first-order valence-corrected chi connectivity index (χ1v) is 15.1. The van der Waals surface area contributed by atoms with Gasteiger partial charge in [0.25, 0.3) is 0 Å². The summed E-state index contributed by atoms with van der Waals surface area (Å²) in [4.78, 5) is 68.6. The first-order valence-electron chi connectivity index (χ1n) is 15.1. The molecule has 4 rings (SSSR count). The van der Waals surface area contributed by atoms with E-state index in [4.69, 9.17) is 4.74 Å². The second kappa shape index (κ2) is 14.3. The lowest BCUT2D eigenvalue weighted by Crippen LogP contribution is -2.67. The van der Waals surface area contributed by atoms with Crippen LogP contribution in [0.15, 0.2) is 60.7 Å². The van der Waals surface area contributed by atoms with Crippen LogP contribution in [0, 0.1) is 5.92 Å². The smallest absolute Gasteiger partial charge is 0.338 e. The highest BCUT2D eigenvalue weighted by molar-refractivity contribution is 5.99. The summed E-state index contributed by atoms with van der Waals surface area (Å²) in [5, 5.41) is 8.70. The van der Waals surface area contributed by atoms with Gasteiger partial charge in [0.1, 0.15) is 23.7 Å². The molecule has 10 heteroatoms. The van der Waals surface area contributed by atoms with Crippen molar-refractivity contribution in [2.75, 3.05) is 13.2 Å². The molecule has 0 spiro atoms. The van der Waals surface area contributed by atoms with Crippen molar-refractivity contribution in [1.29, 1.82) is 0 Å².